The van der Waals surface area contributed by atoms with Crippen LogP contribution < -0.4 is 10.1 Å². The zero-order valence-corrected chi connectivity index (χ0v) is 12.4. The average molecular weight is 284 g/mol. The molecule has 1 aromatic heterocycles. The lowest BCUT2D eigenvalue weighted by molar-refractivity contribution is 0.0954. The molecule has 4 heteroatoms. The van der Waals surface area contributed by atoms with Crippen molar-refractivity contribution in [2.45, 2.75) is 26.4 Å². The Balaban J connectivity index is 1.83. The maximum atomic E-state index is 12.0. The fourth-order valence-electron chi connectivity index (χ4n) is 1.93. The Bertz CT molecular complexity index is 565. The van der Waals surface area contributed by atoms with Crippen molar-refractivity contribution in [1.29, 1.82) is 0 Å². The van der Waals surface area contributed by atoms with E-state index in [9.17, 15) is 4.79 Å². The van der Waals surface area contributed by atoms with Crippen molar-refractivity contribution in [3.05, 3.63) is 59.9 Å². The first kappa shape index (κ1) is 15.0. The first-order valence-corrected chi connectivity index (χ1v) is 7.09. The first-order valence-electron chi connectivity index (χ1n) is 7.09. The van der Waals surface area contributed by atoms with Crippen LogP contribution in [-0.2, 0) is 6.42 Å². The van der Waals surface area contributed by atoms with Gasteiger partial charge in [0.05, 0.1) is 6.10 Å². The minimum Gasteiger partial charge on any atom is -0.491 e. The standard InChI is InChI=1S/C17H20N2O2/c1-13(2)21-16-7-5-15(6-8-16)17(20)19-11-9-14-4-3-10-18-12-14/h3-8,10,12-13H,9,11H2,1-2H3,(H,19,20). The zero-order chi connectivity index (χ0) is 15.1. The van der Waals surface area contributed by atoms with Crippen molar-refractivity contribution < 1.29 is 9.53 Å². The molecule has 2 rings (SSSR count). The van der Waals surface area contributed by atoms with Crippen molar-refractivity contribution >= 4 is 5.91 Å². The molecule has 0 bridgehead atoms. The second-order valence-corrected chi connectivity index (χ2v) is 5.06. The fraction of sp³-hybridized carbons (Fsp3) is 0.294. The molecular formula is C17H20N2O2. The molecule has 0 aliphatic heterocycles. The van der Waals surface area contributed by atoms with Gasteiger partial charge < -0.3 is 10.1 Å². The zero-order valence-electron chi connectivity index (χ0n) is 12.4. The van der Waals surface area contributed by atoms with Crippen molar-refractivity contribution in [2.24, 2.45) is 0 Å². The summed E-state index contributed by atoms with van der Waals surface area (Å²) in [5.74, 6) is 0.701. The number of hydrogen-bond acceptors (Lipinski definition) is 3. The molecule has 0 aliphatic carbocycles. The molecular weight excluding hydrogens is 264 g/mol. The molecule has 0 aliphatic rings. The van der Waals surface area contributed by atoms with Gasteiger partial charge in [-0.05, 0) is 56.2 Å². The fourth-order valence-corrected chi connectivity index (χ4v) is 1.93. The molecule has 4 nitrogen and oxygen atoms in total. The highest BCUT2D eigenvalue weighted by atomic mass is 16.5. The summed E-state index contributed by atoms with van der Waals surface area (Å²) >= 11 is 0. The molecule has 110 valence electrons. The van der Waals surface area contributed by atoms with Crippen LogP contribution in [0, 0.1) is 0 Å². The summed E-state index contributed by atoms with van der Waals surface area (Å²) in [5, 5.41) is 2.90. The number of carbonyl (C=O) groups excluding carboxylic acids is 1. The van der Waals surface area contributed by atoms with E-state index in [-0.39, 0.29) is 12.0 Å². The van der Waals surface area contributed by atoms with Gasteiger partial charge >= 0.3 is 0 Å². The lowest BCUT2D eigenvalue weighted by Crippen LogP contribution is -2.25. The number of aromatic nitrogens is 1. The highest BCUT2D eigenvalue weighted by Crippen LogP contribution is 2.13. The minimum atomic E-state index is -0.0741. The number of nitrogens with one attached hydrogen (secondary N) is 1. The minimum absolute atomic E-state index is 0.0741. The second-order valence-electron chi connectivity index (χ2n) is 5.06. The van der Waals surface area contributed by atoms with E-state index in [4.69, 9.17) is 4.74 Å². The van der Waals surface area contributed by atoms with E-state index in [1.54, 1.807) is 18.3 Å². The summed E-state index contributed by atoms with van der Waals surface area (Å²) in [6.45, 7) is 4.53. The van der Waals surface area contributed by atoms with Gasteiger partial charge in [0.2, 0.25) is 0 Å². The van der Waals surface area contributed by atoms with Crippen LogP contribution in [0.3, 0.4) is 0 Å². The van der Waals surface area contributed by atoms with Crippen LogP contribution in [0.5, 0.6) is 5.75 Å². The van der Waals surface area contributed by atoms with Gasteiger partial charge in [0.1, 0.15) is 5.75 Å². The highest BCUT2D eigenvalue weighted by molar-refractivity contribution is 5.94. The second kappa shape index (κ2) is 7.43. The molecule has 0 radical (unpaired) electrons. The number of carbonyl (C=O) groups is 1. The van der Waals surface area contributed by atoms with Gasteiger partial charge in [0.15, 0.2) is 0 Å². The van der Waals surface area contributed by atoms with Gasteiger partial charge in [-0.2, -0.15) is 0 Å². The third-order valence-corrected chi connectivity index (χ3v) is 2.91. The molecule has 2 aromatic rings. The highest BCUT2D eigenvalue weighted by Gasteiger charge is 2.05. The topological polar surface area (TPSA) is 51.2 Å². The Labute approximate surface area is 125 Å². The van der Waals surface area contributed by atoms with Crippen LogP contribution in [0.2, 0.25) is 0 Å². The Morgan fingerprint density at radius 2 is 2.00 bits per heavy atom. The van der Waals surface area contributed by atoms with Crippen LogP contribution in [-0.4, -0.2) is 23.5 Å². The lowest BCUT2D eigenvalue weighted by Gasteiger charge is -2.10. The summed E-state index contributed by atoms with van der Waals surface area (Å²) in [4.78, 5) is 16.0. The number of hydrogen-bond donors (Lipinski definition) is 1. The molecule has 0 fully saturated rings. The predicted molar refractivity (Wildman–Crippen MR) is 82.5 cm³/mol. The third-order valence-electron chi connectivity index (χ3n) is 2.91. The molecule has 1 heterocycles. The van der Waals surface area contributed by atoms with E-state index in [1.165, 1.54) is 0 Å². The van der Waals surface area contributed by atoms with Gasteiger partial charge in [-0.15, -0.1) is 0 Å². The Morgan fingerprint density at radius 1 is 1.24 bits per heavy atom. The quantitative estimate of drug-likeness (QED) is 0.887. The van der Waals surface area contributed by atoms with Gasteiger partial charge in [-0.25, -0.2) is 0 Å². The molecule has 0 unspecified atom stereocenters. The van der Waals surface area contributed by atoms with Gasteiger partial charge in [0.25, 0.3) is 5.91 Å². The maximum Gasteiger partial charge on any atom is 0.251 e. The van der Waals surface area contributed by atoms with Crippen LogP contribution in [0.15, 0.2) is 48.8 Å². The summed E-state index contributed by atoms with van der Waals surface area (Å²) in [7, 11) is 0. The van der Waals surface area contributed by atoms with Crippen molar-refractivity contribution in [1.82, 2.24) is 10.3 Å². The van der Waals surface area contributed by atoms with Crippen LogP contribution in [0.4, 0.5) is 0 Å². The van der Waals surface area contributed by atoms with E-state index in [0.29, 0.717) is 12.1 Å². The van der Waals surface area contributed by atoms with Gasteiger partial charge in [0, 0.05) is 24.5 Å². The van der Waals surface area contributed by atoms with E-state index in [0.717, 1.165) is 17.7 Å². The van der Waals surface area contributed by atoms with Crippen molar-refractivity contribution in [3.63, 3.8) is 0 Å². The van der Waals surface area contributed by atoms with Crippen LogP contribution in [0.1, 0.15) is 29.8 Å². The molecule has 0 spiro atoms. The normalized spacial score (nSPS) is 10.4. The number of ether oxygens (including phenoxy) is 1. The van der Waals surface area contributed by atoms with E-state index in [1.807, 2.05) is 44.3 Å². The maximum absolute atomic E-state index is 12.0. The van der Waals surface area contributed by atoms with Crippen molar-refractivity contribution in [3.8, 4) is 5.75 Å². The SMILES string of the molecule is CC(C)Oc1ccc(C(=O)NCCc2cccnc2)cc1. The van der Waals surface area contributed by atoms with E-state index >= 15 is 0 Å². The first-order chi connectivity index (χ1) is 10.1. The molecule has 1 N–H and O–H groups in total. The molecule has 0 atom stereocenters. The molecule has 0 saturated carbocycles. The molecule has 1 aromatic carbocycles. The average Bonchev–Trinajstić information content (AvgIpc) is 2.48. The predicted octanol–water partition coefficient (Wildman–Crippen LogP) is 2.84. The smallest absolute Gasteiger partial charge is 0.251 e. The van der Waals surface area contributed by atoms with Crippen molar-refractivity contribution in [2.75, 3.05) is 6.54 Å². The summed E-state index contributed by atoms with van der Waals surface area (Å²) in [6, 6.07) is 11.1. The number of rotatable bonds is 6. The van der Waals surface area contributed by atoms with E-state index in [2.05, 4.69) is 10.3 Å². The number of amides is 1. The largest absolute Gasteiger partial charge is 0.491 e. The third kappa shape index (κ3) is 4.91. The van der Waals surface area contributed by atoms with Gasteiger partial charge in [-0.1, -0.05) is 6.07 Å². The number of benzene rings is 1. The molecule has 1 amide bonds. The Hall–Kier alpha value is -2.36. The van der Waals surface area contributed by atoms with Gasteiger partial charge in [-0.3, -0.25) is 9.78 Å². The summed E-state index contributed by atoms with van der Waals surface area (Å²) in [6.07, 6.45) is 4.45. The summed E-state index contributed by atoms with van der Waals surface area (Å²) < 4.78 is 5.55. The van der Waals surface area contributed by atoms with Crippen LogP contribution in [0.25, 0.3) is 0 Å². The monoisotopic (exact) mass is 284 g/mol. The van der Waals surface area contributed by atoms with Crippen LogP contribution >= 0.6 is 0 Å². The summed E-state index contributed by atoms with van der Waals surface area (Å²) in [5.41, 5.74) is 1.75. The molecule has 21 heavy (non-hydrogen) atoms. The number of nitrogens with zero attached hydrogens (tertiary/aromatic N) is 1. The Kier molecular flexibility index (Phi) is 5.32. The number of pyridine rings is 1. The Morgan fingerprint density at radius 3 is 2.62 bits per heavy atom. The molecule has 0 saturated heterocycles. The van der Waals surface area contributed by atoms with E-state index < -0.39 is 0 Å². The lowest BCUT2D eigenvalue weighted by atomic mass is 10.2.